The second kappa shape index (κ2) is 7.76. The van der Waals surface area contributed by atoms with Crippen LogP contribution in [-0.4, -0.2) is 56.8 Å². The molecule has 1 aliphatic heterocycles. The Hall–Kier alpha value is -2.28. The molecule has 3 N–H and O–H groups in total. The Bertz CT molecular complexity index is 798. The normalized spacial score (nSPS) is 28.4. The third-order valence-electron chi connectivity index (χ3n) is 5.73. The number of carbonyl (C=O) groups is 1. The van der Waals surface area contributed by atoms with Gasteiger partial charge >= 0.3 is 0 Å². The number of nitrogens with zero attached hydrogens (tertiary/aromatic N) is 2. The quantitative estimate of drug-likeness (QED) is 0.757. The molecule has 6 nitrogen and oxygen atoms in total. The Morgan fingerprint density at radius 2 is 1.85 bits per heavy atom. The lowest BCUT2D eigenvalue weighted by molar-refractivity contribution is -0.0789. The van der Waals surface area contributed by atoms with Crippen LogP contribution in [0.1, 0.15) is 34.5 Å². The number of rotatable bonds is 3. The molecule has 0 spiro atoms. The van der Waals surface area contributed by atoms with E-state index < -0.39 is 12.2 Å². The summed E-state index contributed by atoms with van der Waals surface area (Å²) in [7, 11) is 0. The number of hydrogen-bond acceptors (Lipinski definition) is 5. The first-order chi connectivity index (χ1) is 13.1. The van der Waals surface area contributed by atoms with Crippen LogP contribution in [0.15, 0.2) is 48.7 Å². The highest BCUT2D eigenvalue weighted by molar-refractivity contribution is 5.92. The van der Waals surface area contributed by atoms with Crippen LogP contribution in [0.25, 0.3) is 0 Å². The second-order valence-electron chi connectivity index (χ2n) is 7.41. The molecule has 0 bridgehead atoms. The SMILES string of the molecule is O=C(N[C@@H]1CC[C@H](O)[C@H](O)[C@H]1N1CCc2ccccc2C1)c1ccccn1. The second-order valence-corrected chi connectivity index (χ2v) is 7.41. The fraction of sp³-hybridized carbons (Fsp3) is 0.429. The van der Waals surface area contributed by atoms with Crippen molar-refractivity contribution < 1.29 is 15.0 Å². The minimum atomic E-state index is -0.891. The average molecular weight is 367 g/mol. The first-order valence-corrected chi connectivity index (χ1v) is 9.52. The van der Waals surface area contributed by atoms with E-state index in [1.54, 1.807) is 24.4 Å². The average Bonchev–Trinajstić information content (AvgIpc) is 2.71. The Morgan fingerprint density at radius 1 is 1.07 bits per heavy atom. The number of aliphatic hydroxyl groups is 2. The number of aliphatic hydroxyl groups excluding tert-OH is 2. The molecule has 142 valence electrons. The summed E-state index contributed by atoms with van der Waals surface area (Å²) >= 11 is 0. The van der Waals surface area contributed by atoms with Crippen LogP contribution in [0, 0.1) is 0 Å². The fourth-order valence-electron chi connectivity index (χ4n) is 4.30. The van der Waals surface area contributed by atoms with Crippen molar-refractivity contribution in [3.8, 4) is 0 Å². The maximum Gasteiger partial charge on any atom is 0.270 e. The van der Waals surface area contributed by atoms with Crippen molar-refractivity contribution in [3.05, 3.63) is 65.5 Å². The van der Waals surface area contributed by atoms with Crippen molar-refractivity contribution >= 4 is 5.91 Å². The maximum atomic E-state index is 12.6. The Kier molecular flexibility index (Phi) is 5.20. The molecule has 27 heavy (non-hydrogen) atoms. The number of nitrogens with one attached hydrogen (secondary N) is 1. The van der Waals surface area contributed by atoms with E-state index in [-0.39, 0.29) is 18.0 Å². The van der Waals surface area contributed by atoms with Crippen LogP contribution in [-0.2, 0) is 13.0 Å². The van der Waals surface area contributed by atoms with Gasteiger partial charge in [-0.15, -0.1) is 0 Å². The number of benzene rings is 1. The summed E-state index contributed by atoms with van der Waals surface area (Å²) in [4.78, 5) is 18.9. The Morgan fingerprint density at radius 3 is 2.63 bits per heavy atom. The Balaban J connectivity index is 1.54. The van der Waals surface area contributed by atoms with Crippen LogP contribution < -0.4 is 5.32 Å². The minimum absolute atomic E-state index is 0.233. The Labute approximate surface area is 158 Å². The standard InChI is InChI=1S/C21H25N3O3/c25-18-9-8-16(23-21(27)17-7-3-4-11-22-17)19(20(18)26)24-12-10-14-5-1-2-6-15(14)13-24/h1-7,11,16,18-20,25-26H,8-10,12-13H2,(H,23,27)/t16-,18+,19+,20+/m1/s1. The van der Waals surface area contributed by atoms with Gasteiger partial charge in [-0.1, -0.05) is 30.3 Å². The first kappa shape index (κ1) is 18.1. The van der Waals surface area contributed by atoms with Crippen LogP contribution in [0.2, 0.25) is 0 Å². The van der Waals surface area contributed by atoms with Crippen molar-refractivity contribution in [3.63, 3.8) is 0 Å². The van der Waals surface area contributed by atoms with Crippen molar-refractivity contribution in [2.45, 2.75) is 50.1 Å². The molecule has 6 heteroatoms. The van der Waals surface area contributed by atoms with Gasteiger partial charge in [0.1, 0.15) is 5.69 Å². The lowest BCUT2D eigenvalue weighted by Crippen LogP contribution is -2.63. The van der Waals surface area contributed by atoms with Gasteiger partial charge in [-0.2, -0.15) is 0 Å². The summed E-state index contributed by atoms with van der Waals surface area (Å²) in [5.74, 6) is -0.244. The lowest BCUT2D eigenvalue weighted by Gasteiger charge is -2.46. The molecule has 0 radical (unpaired) electrons. The summed E-state index contributed by atoms with van der Waals surface area (Å²) in [6.45, 7) is 1.50. The molecule has 1 amide bonds. The van der Waals surface area contributed by atoms with E-state index in [1.165, 1.54) is 11.1 Å². The molecule has 1 saturated carbocycles. The van der Waals surface area contributed by atoms with Crippen LogP contribution >= 0.6 is 0 Å². The highest BCUT2D eigenvalue weighted by Gasteiger charge is 2.42. The van der Waals surface area contributed by atoms with Crippen molar-refractivity contribution in [2.75, 3.05) is 6.54 Å². The van der Waals surface area contributed by atoms with Gasteiger partial charge in [-0.3, -0.25) is 14.7 Å². The first-order valence-electron chi connectivity index (χ1n) is 9.52. The molecule has 1 aromatic heterocycles. The van der Waals surface area contributed by atoms with E-state index in [2.05, 4.69) is 27.3 Å². The van der Waals surface area contributed by atoms with E-state index in [0.29, 0.717) is 25.1 Å². The van der Waals surface area contributed by atoms with Crippen molar-refractivity contribution in [1.29, 1.82) is 0 Å². The molecule has 1 aromatic carbocycles. The van der Waals surface area contributed by atoms with Crippen LogP contribution in [0.5, 0.6) is 0 Å². The third kappa shape index (κ3) is 3.74. The summed E-state index contributed by atoms with van der Waals surface area (Å²) in [5, 5.41) is 24.0. The van der Waals surface area contributed by atoms with Gasteiger partial charge in [-0.05, 0) is 42.5 Å². The number of pyridine rings is 1. The van der Waals surface area contributed by atoms with Crippen LogP contribution in [0.4, 0.5) is 0 Å². The number of carbonyl (C=O) groups excluding carboxylic acids is 1. The van der Waals surface area contributed by atoms with Gasteiger partial charge in [-0.25, -0.2) is 0 Å². The number of aromatic nitrogens is 1. The predicted octanol–water partition coefficient (Wildman–Crippen LogP) is 1.12. The van der Waals surface area contributed by atoms with E-state index in [9.17, 15) is 15.0 Å². The zero-order valence-corrected chi connectivity index (χ0v) is 15.2. The molecule has 0 saturated heterocycles. The fourth-order valence-corrected chi connectivity index (χ4v) is 4.30. The molecular formula is C21H25N3O3. The highest BCUT2D eigenvalue weighted by Crippen LogP contribution is 2.29. The molecule has 1 fully saturated rings. The van der Waals surface area contributed by atoms with Gasteiger partial charge in [0.15, 0.2) is 0 Å². The van der Waals surface area contributed by atoms with E-state index in [0.717, 1.165) is 13.0 Å². The summed E-state index contributed by atoms with van der Waals surface area (Å²) < 4.78 is 0. The number of fused-ring (bicyclic) bond motifs is 1. The summed E-state index contributed by atoms with van der Waals surface area (Å²) in [5.41, 5.74) is 2.93. The number of amides is 1. The molecule has 2 heterocycles. The third-order valence-corrected chi connectivity index (χ3v) is 5.73. The largest absolute Gasteiger partial charge is 0.390 e. The molecule has 4 rings (SSSR count). The topological polar surface area (TPSA) is 85.7 Å². The van der Waals surface area contributed by atoms with E-state index in [1.807, 2.05) is 12.1 Å². The predicted molar refractivity (Wildman–Crippen MR) is 101 cm³/mol. The van der Waals surface area contributed by atoms with Crippen LogP contribution in [0.3, 0.4) is 0 Å². The van der Waals surface area contributed by atoms with Crippen molar-refractivity contribution in [1.82, 2.24) is 15.2 Å². The maximum absolute atomic E-state index is 12.6. The molecular weight excluding hydrogens is 342 g/mol. The smallest absolute Gasteiger partial charge is 0.270 e. The molecule has 2 aromatic rings. The van der Waals surface area contributed by atoms with Gasteiger partial charge in [0.25, 0.3) is 5.91 Å². The summed E-state index contributed by atoms with van der Waals surface area (Å²) in [6.07, 6.45) is 1.92. The van der Waals surface area contributed by atoms with E-state index in [4.69, 9.17) is 0 Å². The number of hydrogen-bond donors (Lipinski definition) is 3. The molecule has 1 aliphatic carbocycles. The van der Waals surface area contributed by atoms with Gasteiger partial charge in [0.2, 0.25) is 0 Å². The van der Waals surface area contributed by atoms with Gasteiger partial charge in [0.05, 0.1) is 18.2 Å². The van der Waals surface area contributed by atoms with Crippen molar-refractivity contribution in [2.24, 2.45) is 0 Å². The molecule has 4 atom stereocenters. The molecule has 2 aliphatic rings. The minimum Gasteiger partial charge on any atom is -0.390 e. The molecule has 0 unspecified atom stereocenters. The highest BCUT2D eigenvalue weighted by atomic mass is 16.3. The zero-order chi connectivity index (χ0) is 18.8. The monoisotopic (exact) mass is 367 g/mol. The van der Waals surface area contributed by atoms with Gasteiger partial charge in [0, 0.05) is 25.3 Å². The van der Waals surface area contributed by atoms with E-state index >= 15 is 0 Å². The summed E-state index contributed by atoms with van der Waals surface area (Å²) in [6, 6.07) is 13.0. The zero-order valence-electron chi connectivity index (χ0n) is 15.2. The van der Waals surface area contributed by atoms with Gasteiger partial charge < -0.3 is 15.5 Å². The lowest BCUT2D eigenvalue weighted by atomic mass is 9.83.